The van der Waals surface area contributed by atoms with Gasteiger partial charge in [0.2, 0.25) is 5.88 Å². The largest absolute Gasteiger partial charge is 0.481 e. The standard InChI is InChI=1S/C12H16N2O2/c1-16-12-5-8(7-15)4-10-6-11(9-2-3-9)13-14(10)12/h4-6,9,11,13,15H,2-3,7H2,1H3. The number of nitrogens with zero attached hydrogens (tertiary/aromatic N) is 1. The van der Waals surface area contributed by atoms with Crippen LogP contribution in [0.15, 0.2) is 35.4 Å². The van der Waals surface area contributed by atoms with Gasteiger partial charge >= 0.3 is 0 Å². The van der Waals surface area contributed by atoms with E-state index in [1.54, 1.807) is 7.11 Å². The van der Waals surface area contributed by atoms with Crippen molar-refractivity contribution < 1.29 is 9.84 Å². The summed E-state index contributed by atoms with van der Waals surface area (Å²) in [4.78, 5) is 0. The van der Waals surface area contributed by atoms with E-state index in [0.717, 1.165) is 23.1 Å². The molecule has 1 unspecified atom stereocenters. The Hall–Kier alpha value is -1.26. The number of nitrogens with one attached hydrogen (secondary N) is 1. The average Bonchev–Trinajstić information content (AvgIpc) is 3.07. The van der Waals surface area contributed by atoms with Gasteiger partial charge < -0.3 is 9.84 Å². The van der Waals surface area contributed by atoms with Gasteiger partial charge in [0, 0.05) is 12.1 Å². The molecule has 2 N–H and O–H groups in total. The van der Waals surface area contributed by atoms with Gasteiger partial charge in [-0.25, -0.2) is 10.4 Å². The van der Waals surface area contributed by atoms with Crippen LogP contribution in [0.3, 0.4) is 0 Å². The Labute approximate surface area is 94.9 Å². The summed E-state index contributed by atoms with van der Waals surface area (Å²) in [6.45, 7) is 0.0478. The van der Waals surface area contributed by atoms with Crippen LogP contribution in [-0.4, -0.2) is 29.9 Å². The molecule has 1 aliphatic carbocycles. The Bertz CT molecular complexity index is 394. The van der Waals surface area contributed by atoms with Gasteiger partial charge in [0.05, 0.1) is 19.4 Å². The quantitative estimate of drug-likeness (QED) is 0.741. The van der Waals surface area contributed by atoms with E-state index < -0.39 is 0 Å². The number of hydrogen-bond acceptors (Lipinski definition) is 4. The van der Waals surface area contributed by atoms with Crippen molar-refractivity contribution in [2.24, 2.45) is 5.92 Å². The predicted octanol–water partition coefficient (Wildman–Crippen LogP) is 0.889. The van der Waals surface area contributed by atoms with Crippen LogP contribution < -0.4 is 5.43 Å². The third-order valence-electron chi connectivity index (χ3n) is 3.27. The van der Waals surface area contributed by atoms with E-state index in [1.165, 1.54) is 12.8 Å². The zero-order valence-corrected chi connectivity index (χ0v) is 9.31. The lowest BCUT2D eigenvalue weighted by Crippen LogP contribution is -2.38. The Kier molecular flexibility index (Phi) is 2.26. The second-order valence-corrected chi connectivity index (χ2v) is 4.48. The number of ether oxygens (including phenoxy) is 1. The van der Waals surface area contributed by atoms with E-state index >= 15 is 0 Å². The van der Waals surface area contributed by atoms with Crippen molar-refractivity contribution in [1.82, 2.24) is 10.4 Å². The Morgan fingerprint density at radius 1 is 1.50 bits per heavy atom. The highest BCUT2D eigenvalue weighted by atomic mass is 16.5. The molecule has 0 aromatic heterocycles. The molecule has 0 spiro atoms. The van der Waals surface area contributed by atoms with Crippen molar-refractivity contribution >= 4 is 0 Å². The smallest absolute Gasteiger partial charge is 0.208 e. The van der Waals surface area contributed by atoms with Gasteiger partial charge in [0.1, 0.15) is 0 Å². The van der Waals surface area contributed by atoms with Gasteiger partial charge in [-0.05, 0) is 36.5 Å². The molecule has 1 fully saturated rings. The molecular weight excluding hydrogens is 204 g/mol. The summed E-state index contributed by atoms with van der Waals surface area (Å²) >= 11 is 0. The van der Waals surface area contributed by atoms with Gasteiger partial charge in [-0.3, -0.25) is 0 Å². The molecule has 0 aromatic carbocycles. The molecule has 0 bridgehead atoms. The molecule has 3 aliphatic rings. The van der Waals surface area contributed by atoms with Crippen LogP contribution in [0.25, 0.3) is 0 Å². The molecule has 2 heterocycles. The van der Waals surface area contributed by atoms with Crippen LogP contribution in [0.5, 0.6) is 0 Å². The highest BCUT2D eigenvalue weighted by molar-refractivity contribution is 5.40. The summed E-state index contributed by atoms with van der Waals surface area (Å²) < 4.78 is 5.32. The van der Waals surface area contributed by atoms with Crippen LogP contribution in [0, 0.1) is 5.92 Å². The number of hydrogen-bond donors (Lipinski definition) is 2. The lowest BCUT2D eigenvalue weighted by atomic mass is 10.1. The first-order chi connectivity index (χ1) is 7.81. The van der Waals surface area contributed by atoms with E-state index in [2.05, 4.69) is 11.5 Å². The minimum Gasteiger partial charge on any atom is -0.481 e. The van der Waals surface area contributed by atoms with Crippen molar-refractivity contribution in [2.75, 3.05) is 13.7 Å². The molecular formula is C12H16N2O2. The van der Waals surface area contributed by atoms with E-state index in [1.807, 2.05) is 17.2 Å². The molecule has 0 aromatic rings. The number of methoxy groups -OCH3 is 1. The van der Waals surface area contributed by atoms with Crippen molar-refractivity contribution in [1.29, 1.82) is 0 Å². The Morgan fingerprint density at radius 2 is 2.31 bits per heavy atom. The SMILES string of the molecule is COC1=CC(CO)=CC2=CC(C3CC3)NN21. The molecule has 4 heteroatoms. The van der Waals surface area contributed by atoms with Crippen molar-refractivity contribution in [2.45, 2.75) is 18.9 Å². The van der Waals surface area contributed by atoms with E-state index in [9.17, 15) is 5.11 Å². The maximum Gasteiger partial charge on any atom is 0.208 e. The number of hydrazine groups is 1. The maximum atomic E-state index is 9.18. The van der Waals surface area contributed by atoms with Crippen LogP contribution in [0.2, 0.25) is 0 Å². The van der Waals surface area contributed by atoms with Gasteiger partial charge in [-0.2, -0.15) is 0 Å². The van der Waals surface area contributed by atoms with Crippen LogP contribution >= 0.6 is 0 Å². The molecule has 4 nitrogen and oxygen atoms in total. The van der Waals surface area contributed by atoms with Gasteiger partial charge in [-0.15, -0.1) is 0 Å². The highest BCUT2D eigenvalue weighted by Crippen LogP contribution is 2.38. The van der Waals surface area contributed by atoms with Gasteiger partial charge in [0.25, 0.3) is 0 Å². The predicted molar refractivity (Wildman–Crippen MR) is 59.8 cm³/mol. The fourth-order valence-electron chi connectivity index (χ4n) is 2.22. The van der Waals surface area contributed by atoms with Crippen LogP contribution in [0.4, 0.5) is 0 Å². The van der Waals surface area contributed by atoms with Crippen molar-refractivity contribution in [3.05, 3.63) is 35.4 Å². The van der Waals surface area contributed by atoms with E-state index in [-0.39, 0.29) is 6.61 Å². The molecule has 0 saturated heterocycles. The number of aliphatic hydroxyl groups excluding tert-OH is 1. The summed E-state index contributed by atoms with van der Waals surface area (Å²) in [5.74, 6) is 1.52. The summed E-state index contributed by atoms with van der Waals surface area (Å²) in [5, 5.41) is 11.1. The molecule has 0 amide bonds. The van der Waals surface area contributed by atoms with Crippen molar-refractivity contribution in [3.63, 3.8) is 0 Å². The maximum absolute atomic E-state index is 9.18. The fraction of sp³-hybridized carbons (Fsp3) is 0.500. The fourth-order valence-corrected chi connectivity index (χ4v) is 2.22. The first kappa shape index (κ1) is 9.93. The number of fused-ring (bicyclic) bond motifs is 1. The Morgan fingerprint density at radius 3 is 2.94 bits per heavy atom. The first-order valence-electron chi connectivity index (χ1n) is 5.67. The summed E-state index contributed by atoms with van der Waals surface area (Å²) in [7, 11) is 1.65. The minimum absolute atomic E-state index is 0.0478. The second kappa shape index (κ2) is 3.64. The first-order valence-corrected chi connectivity index (χ1v) is 5.67. The molecule has 2 aliphatic heterocycles. The lowest BCUT2D eigenvalue weighted by Gasteiger charge is -2.27. The van der Waals surface area contributed by atoms with Gasteiger partial charge in [0.15, 0.2) is 0 Å². The molecule has 0 radical (unpaired) electrons. The molecule has 16 heavy (non-hydrogen) atoms. The molecule has 1 saturated carbocycles. The number of rotatable bonds is 3. The zero-order chi connectivity index (χ0) is 11.1. The van der Waals surface area contributed by atoms with E-state index in [4.69, 9.17) is 4.74 Å². The summed E-state index contributed by atoms with van der Waals surface area (Å²) in [5.41, 5.74) is 5.39. The second-order valence-electron chi connectivity index (χ2n) is 4.48. The third-order valence-corrected chi connectivity index (χ3v) is 3.27. The number of aliphatic hydroxyl groups is 1. The Balaban J connectivity index is 1.88. The molecule has 86 valence electrons. The molecule has 3 rings (SSSR count). The molecule has 1 atom stereocenters. The summed E-state index contributed by atoms with van der Waals surface area (Å²) in [6, 6.07) is 0.419. The monoisotopic (exact) mass is 220 g/mol. The summed E-state index contributed by atoms with van der Waals surface area (Å²) in [6.07, 6.45) is 8.69. The van der Waals surface area contributed by atoms with Gasteiger partial charge in [-0.1, -0.05) is 0 Å². The normalized spacial score (nSPS) is 28.2. The average molecular weight is 220 g/mol. The van der Waals surface area contributed by atoms with Crippen LogP contribution in [0.1, 0.15) is 12.8 Å². The third kappa shape index (κ3) is 1.54. The lowest BCUT2D eigenvalue weighted by molar-refractivity contribution is 0.142. The minimum atomic E-state index is 0.0478. The topological polar surface area (TPSA) is 44.7 Å². The zero-order valence-electron chi connectivity index (χ0n) is 9.31. The number of allylic oxidation sites excluding steroid dienone is 1. The highest BCUT2D eigenvalue weighted by Gasteiger charge is 2.37. The van der Waals surface area contributed by atoms with E-state index in [0.29, 0.717) is 6.04 Å². The van der Waals surface area contributed by atoms with Crippen LogP contribution in [-0.2, 0) is 4.74 Å². The van der Waals surface area contributed by atoms with Crippen molar-refractivity contribution in [3.8, 4) is 0 Å².